The van der Waals surface area contributed by atoms with Crippen LogP contribution >= 0.6 is 45.6 Å². The highest BCUT2D eigenvalue weighted by Crippen LogP contribution is 1.90. The average molecular weight is 363 g/mol. The molecule has 56 valence electrons. The maximum atomic E-state index is 6.64. The third-order valence-electron chi connectivity index (χ3n) is 0.296. The Morgan fingerprint density at radius 3 is 2.78 bits per heavy atom. The predicted octanol–water partition coefficient (Wildman–Crippen LogP) is -0.0301. The molecule has 0 unspecified atom stereocenters. The maximum absolute atomic E-state index is 6.64. The Labute approximate surface area is 79.0 Å². The van der Waals surface area contributed by atoms with Gasteiger partial charge < -0.3 is 0 Å². The zero-order chi connectivity index (χ0) is 7.11. The molecule has 0 aromatic rings. The third kappa shape index (κ3) is 7.11. The summed E-state index contributed by atoms with van der Waals surface area (Å²) in [5.41, 5.74) is 1.99. The highest BCUT2D eigenvalue weighted by Gasteiger charge is 2.02. The molecular formula is CH5I2N2O4+. The molecule has 0 aromatic heterocycles. The molecule has 0 aliphatic rings. The van der Waals surface area contributed by atoms with Crippen molar-refractivity contribution < 1.29 is 18.2 Å². The van der Waals surface area contributed by atoms with Gasteiger partial charge in [0.25, 0.3) is 0 Å². The molecule has 0 atom stereocenters. The van der Waals surface area contributed by atoms with Gasteiger partial charge in [-0.15, -0.1) is 3.17 Å². The summed E-state index contributed by atoms with van der Waals surface area (Å²) >= 11 is 3.44. The first-order chi connectivity index (χ1) is 4.31. The standard InChI is InChI=1S/CH4I2N2O4/c2-1-7-4-9-5(6)8-3/h4,6H,1H2/p+1. The lowest BCUT2D eigenvalue weighted by atomic mass is 11.7. The van der Waals surface area contributed by atoms with Gasteiger partial charge in [0.1, 0.15) is 27.6 Å². The summed E-state index contributed by atoms with van der Waals surface area (Å²) in [5.74, 6) is 0. The molecule has 8 heteroatoms. The van der Waals surface area contributed by atoms with Crippen molar-refractivity contribution in [3.05, 3.63) is 0 Å². The number of hydrogen-bond acceptors (Lipinski definition) is 5. The van der Waals surface area contributed by atoms with E-state index in [4.69, 9.17) is 5.21 Å². The van der Waals surface area contributed by atoms with Crippen LogP contribution in [0.5, 0.6) is 0 Å². The van der Waals surface area contributed by atoms with Crippen LogP contribution in [-0.2, 0) is 12.9 Å². The molecule has 0 aromatic carbocycles. The first kappa shape index (κ1) is 10.2. The molecule has 0 amide bonds. The summed E-state index contributed by atoms with van der Waals surface area (Å²) in [7, 11) is 0. The lowest BCUT2D eigenvalue weighted by molar-refractivity contribution is -0.506. The van der Waals surface area contributed by atoms with Gasteiger partial charge in [-0.05, 0) is 5.64 Å². The fourth-order valence-electron chi connectivity index (χ4n) is 0.0966. The zero-order valence-electron chi connectivity index (χ0n) is 4.13. The fourth-order valence-corrected chi connectivity index (χ4v) is 0.304. The van der Waals surface area contributed by atoms with Crippen molar-refractivity contribution in [2.45, 2.75) is 0 Å². The smallest absolute Gasteiger partial charge is 0.243 e. The number of nitrogens with zero attached hydrogens (tertiary/aromatic N) is 1. The monoisotopic (exact) mass is 363 g/mol. The molecule has 0 heterocycles. The normalized spacial score (nSPS) is 10.7. The molecule has 0 rings (SSSR count). The Hall–Kier alpha value is 1.22. The topological polar surface area (TPSA) is 65.9 Å². The van der Waals surface area contributed by atoms with Crippen molar-refractivity contribution in [2.75, 3.05) is 4.61 Å². The second-order valence-corrected chi connectivity index (χ2v) is 1.77. The highest BCUT2D eigenvalue weighted by atomic mass is 127. The van der Waals surface area contributed by atoms with E-state index in [9.17, 15) is 0 Å². The number of hydrogen-bond donors (Lipinski definition) is 1. The van der Waals surface area contributed by atoms with Gasteiger partial charge in [-0.3, -0.25) is 10.0 Å². The van der Waals surface area contributed by atoms with E-state index in [1.165, 1.54) is 23.0 Å². The lowest BCUT2D eigenvalue weighted by Crippen LogP contribution is -2.26. The highest BCUT2D eigenvalue weighted by molar-refractivity contribution is 14.1. The van der Waals surface area contributed by atoms with Crippen LogP contribution in [0.2, 0.25) is 0 Å². The average Bonchev–Trinajstić information content (AvgIpc) is 1.89. The van der Waals surface area contributed by atoms with Crippen molar-refractivity contribution >= 4 is 45.6 Å². The van der Waals surface area contributed by atoms with Crippen LogP contribution < -0.4 is 5.64 Å². The van der Waals surface area contributed by atoms with Crippen molar-refractivity contribution in [1.29, 1.82) is 0 Å². The minimum absolute atomic E-state index is 0.354. The fraction of sp³-hybridized carbons (Fsp3) is 1.00. The van der Waals surface area contributed by atoms with Crippen LogP contribution in [-0.4, -0.2) is 15.2 Å². The number of rotatable bonds is 5. The first-order valence-electron chi connectivity index (χ1n) is 1.71. The van der Waals surface area contributed by atoms with E-state index in [1.54, 1.807) is 0 Å². The first-order valence-corrected chi connectivity index (χ1v) is 4.11. The van der Waals surface area contributed by atoms with Crippen LogP contribution in [0.1, 0.15) is 0 Å². The Bertz CT molecular complexity index is 64.5. The molecule has 0 saturated carbocycles. The number of alkyl halides is 1. The molecule has 0 aliphatic heterocycles. The van der Waals surface area contributed by atoms with Gasteiger partial charge in [-0.25, -0.2) is 0 Å². The van der Waals surface area contributed by atoms with Gasteiger partial charge in [0.05, 0.1) is 0 Å². The van der Waals surface area contributed by atoms with Crippen molar-refractivity contribution in [3.63, 3.8) is 0 Å². The van der Waals surface area contributed by atoms with Crippen LogP contribution in [0.15, 0.2) is 0 Å². The minimum atomic E-state index is 0.354. The SMILES string of the molecule is [OH2+]N(OI)ONOCI. The van der Waals surface area contributed by atoms with Gasteiger partial charge >= 0.3 is 0 Å². The Kier molecular flexibility index (Phi) is 8.32. The molecule has 9 heavy (non-hydrogen) atoms. The lowest BCUT2D eigenvalue weighted by Gasteiger charge is -2.02. The second kappa shape index (κ2) is 7.33. The molecule has 0 saturated heterocycles. The van der Waals surface area contributed by atoms with E-state index in [2.05, 4.69) is 12.9 Å². The molecule has 0 aliphatic carbocycles. The van der Waals surface area contributed by atoms with E-state index in [-0.39, 0.29) is 0 Å². The maximum Gasteiger partial charge on any atom is 0.243 e. The van der Waals surface area contributed by atoms with Gasteiger partial charge in [-0.2, -0.15) is 0 Å². The van der Waals surface area contributed by atoms with E-state index in [1.807, 2.05) is 28.2 Å². The van der Waals surface area contributed by atoms with Gasteiger partial charge in [0.15, 0.2) is 0 Å². The van der Waals surface area contributed by atoms with Crippen LogP contribution in [0.25, 0.3) is 0 Å². The summed E-state index contributed by atoms with van der Waals surface area (Å²) in [4.78, 5) is 8.70. The number of halogens is 2. The van der Waals surface area contributed by atoms with Gasteiger partial charge in [0, 0.05) is 0 Å². The van der Waals surface area contributed by atoms with Crippen LogP contribution in [0.4, 0.5) is 0 Å². The van der Waals surface area contributed by atoms with Crippen LogP contribution in [0.3, 0.4) is 0 Å². The predicted molar refractivity (Wildman–Crippen MR) is 44.8 cm³/mol. The van der Waals surface area contributed by atoms with Crippen LogP contribution in [0, 0.1) is 0 Å². The minimum Gasteiger partial charge on any atom is -0.289 e. The van der Waals surface area contributed by atoms with Crippen molar-refractivity contribution in [3.8, 4) is 0 Å². The Morgan fingerprint density at radius 2 is 2.33 bits per heavy atom. The van der Waals surface area contributed by atoms with Crippen molar-refractivity contribution in [2.24, 2.45) is 0 Å². The van der Waals surface area contributed by atoms with E-state index < -0.39 is 0 Å². The zero-order valence-corrected chi connectivity index (χ0v) is 8.45. The molecule has 0 bridgehead atoms. The Balaban J connectivity index is 2.88. The third-order valence-corrected chi connectivity index (χ3v) is 0.966. The molecule has 6 nitrogen and oxygen atoms in total. The summed E-state index contributed by atoms with van der Waals surface area (Å²) < 4.78 is 4.62. The van der Waals surface area contributed by atoms with E-state index >= 15 is 0 Å². The molecule has 3 N–H and O–H groups in total. The molecular weight excluding hydrogens is 358 g/mol. The van der Waals surface area contributed by atoms with E-state index in [0.29, 0.717) is 10.0 Å². The second-order valence-electron chi connectivity index (χ2n) is 0.754. The van der Waals surface area contributed by atoms with Gasteiger partial charge in [0.2, 0.25) is 5.39 Å². The Morgan fingerprint density at radius 1 is 1.67 bits per heavy atom. The quantitative estimate of drug-likeness (QED) is 0.245. The molecule has 0 spiro atoms. The summed E-state index contributed by atoms with van der Waals surface area (Å²) in [6.07, 6.45) is 0. The van der Waals surface area contributed by atoms with Gasteiger partial charge in [-0.1, -0.05) is 27.5 Å². The van der Waals surface area contributed by atoms with E-state index in [0.717, 1.165) is 0 Å². The number of nitrogens with one attached hydrogen (secondary N) is 1. The van der Waals surface area contributed by atoms with Crippen molar-refractivity contribution in [1.82, 2.24) is 11.0 Å². The molecule has 0 fully saturated rings. The summed E-state index contributed by atoms with van der Waals surface area (Å²) in [5, 5.41) is 6.99. The summed E-state index contributed by atoms with van der Waals surface area (Å²) in [6, 6.07) is 0. The largest absolute Gasteiger partial charge is 0.289 e. The molecule has 0 radical (unpaired) electrons. The summed E-state index contributed by atoms with van der Waals surface area (Å²) in [6.45, 7) is 0.